The van der Waals surface area contributed by atoms with Gasteiger partial charge in [-0.05, 0) is 33.9 Å². The highest BCUT2D eigenvalue weighted by Gasteiger charge is 2.28. The molecule has 0 heterocycles. The minimum Gasteiger partial charge on any atom is -0.338 e. The molecule has 0 saturated heterocycles. The Hall–Kier alpha value is -0.770. The highest BCUT2D eigenvalue weighted by atomic mass is 16.2. The lowest BCUT2D eigenvalue weighted by Crippen LogP contribution is -2.53. The molecule has 0 radical (unpaired) electrons. The van der Waals surface area contributed by atoms with Gasteiger partial charge in [0.25, 0.3) is 0 Å². The highest BCUT2D eigenvalue weighted by Crippen LogP contribution is 2.19. The lowest BCUT2D eigenvalue weighted by atomic mass is 9.91. The smallest absolute Gasteiger partial charge is 0.314 e. The zero-order valence-electron chi connectivity index (χ0n) is 10.7. The van der Waals surface area contributed by atoms with E-state index in [1.165, 1.54) is 0 Å². The Balaban J connectivity index is 4.24. The average Bonchev–Trinajstić information content (AvgIpc) is 2.20. The predicted octanol–water partition coefficient (Wildman–Crippen LogP) is 1.43. The minimum absolute atomic E-state index is 0.0745. The van der Waals surface area contributed by atoms with Crippen molar-refractivity contribution in [3.05, 3.63) is 0 Å². The number of amides is 2. The van der Waals surface area contributed by atoms with Crippen LogP contribution in [-0.4, -0.2) is 43.7 Å². The van der Waals surface area contributed by atoms with Crippen LogP contribution in [0, 0.1) is 0 Å². The molecule has 0 aliphatic rings. The second-order valence-corrected chi connectivity index (χ2v) is 4.04. The molecule has 4 nitrogen and oxygen atoms in total. The monoisotopic (exact) mass is 215 g/mol. The summed E-state index contributed by atoms with van der Waals surface area (Å²) in [5.74, 6) is 0. The summed E-state index contributed by atoms with van der Waals surface area (Å²) in [6, 6.07) is -0.0781. The van der Waals surface area contributed by atoms with Gasteiger partial charge < -0.3 is 15.5 Å². The minimum atomic E-state index is -0.0781. The predicted molar refractivity (Wildman–Crippen MR) is 64.1 cm³/mol. The Morgan fingerprint density at radius 3 is 2.00 bits per heavy atom. The molecule has 0 aliphatic heterocycles. The van der Waals surface area contributed by atoms with Crippen molar-refractivity contribution in [2.45, 2.75) is 39.2 Å². The molecule has 0 unspecified atom stereocenters. The van der Waals surface area contributed by atoms with Crippen molar-refractivity contribution in [2.75, 3.05) is 27.2 Å². The van der Waals surface area contributed by atoms with Crippen molar-refractivity contribution in [2.24, 2.45) is 0 Å². The van der Waals surface area contributed by atoms with Crippen LogP contribution in [0.15, 0.2) is 0 Å². The van der Waals surface area contributed by atoms with Crippen molar-refractivity contribution >= 4 is 6.03 Å². The van der Waals surface area contributed by atoms with Gasteiger partial charge in [0.1, 0.15) is 0 Å². The van der Waals surface area contributed by atoms with E-state index in [1.54, 1.807) is 0 Å². The summed E-state index contributed by atoms with van der Waals surface area (Å²) in [6.07, 6.45) is 2.06. The first-order valence-electron chi connectivity index (χ1n) is 5.71. The van der Waals surface area contributed by atoms with Gasteiger partial charge in [0.15, 0.2) is 0 Å². The maximum atomic E-state index is 11.3. The quantitative estimate of drug-likeness (QED) is 0.704. The molecule has 0 aromatic carbocycles. The van der Waals surface area contributed by atoms with Crippen molar-refractivity contribution in [1.82, 2.24) is 15.5 Å². The Bertz CT molecular complexity index is 188. The molecule has 0 aromatic heterocycles. The Labute approximate surface area is 93.4 Å². The fourth-order valence-corrected chi connectivity index (χ4v) is 1.76. The average molecular weight is 215 g/mol. The van der Waals surface area contributed by atoms with Gasteiger partial charge in [-0.3, -0.25) is 0 Å². The van der Waals surface area contributed by atoms with Crippen LogP contribution in [0.3, 0.4) is 0 Å². The molecule has 2 amide bonds. The van der Waals surface area contributed by atoms with Crippen LogP contribution in [0.4, 0.5) is 4.79 Å². The summed E-state index contributed by atoms with van der Waals surface area (Å²) >= 11 is 0. The van der Waals surface area contributed by atoms with E-state index in [9.17, 15) is 4.79 Å². The normalized spacial score (nSPS) is 11.6. The second kappa shape index (κ2) is 6.67. The number of carbonyl (C=O) groups excluding carboxylic acids is 1. The summed E-state index contributed by atoms with van der Waals surface area (Å²) in [4.78, 5) is 13.5. The Morgan fingerprint density at radius 2 is 1.67 bits per heavy atom. The molecule has 90 valence electrons. The molecular weight excluding hydrogens is 190 g/mol. The van der Waals surface area contributed by atoms with Crippen LogP contribution in [-0.2, 0) is 0 Å². The van der Waals surface area contributed by atoms with Crippen LogP contribution < -0.4 is 10.6 Å². The highest BCUT2D eigenvalue weighted by molar-refractivity contribution is 5.73. The van der Waals surface area contributed by atoms with Crippen molar-refractivity contribution < 1.29 is 4.79 Å². The molecule has 0 saturated carbocycles. The van der Waals surface area contributed by atoms with Crippen molar-refractivity contribution in [3.8, 4) is 0 Å². The number of urea groups is 1. The van der Waals surface area contributed by atoms with E-state index in [1.807, 2.05) is 6.92 Å². The molecule has 0 bridgehead atoms. The van der Waals surface area contributed by atoms with Gasteiger partial charge in [-0.15, -0.1) is 0 Å². The maximum Gasteiger partial charge on any atom is 0.314 e. The van der Waals surface area contributed by atoms with Gasteiger partial charge in [-0.25, -0.2) is 4.79 Å². The van der Waals surface area contributed by atoms with E-state index in [2.05, 4.69) is 43.5 Å². The third kappa shape index (κ3) is 4.08. The fraction of sp³-hybridized carbons (Fsp3) is 0.909. The number of likely N-dealkylation sites (N-methyl/N-ethyl adjacent to an activating group) is 1. The lowest BCUT2D eigenvalue weighted by Gasteiger charge is -2.38. The maximum absolute atomic E-state index is 11.3. The molecule has 2 N–H and O–H groups in total. The van der Waals surface area contributed by atoms with Gasteiger partial charge in [0.05, 0.1) is 0 Å². The number of hydrogen-bond donors (Lipinski definition) is 2. The third-order valence-corrected chi connectivity index (χ3v) is 3.18. The third-order valence-electron chi connectivity index (χ3n) is 3.18. The van der Waals surface area contributed by atoms with E-state index >= 15 is 0 Å². The fourth-order valence-electron chi connectivity index (χ4n) is 1.76. The number of carbonyl (C=O) groups is 1. The van der Waals surface area contributed by atoms with Gasteiger partial charge in [-0.1, -0.05) is 13.8 Å². The van der Waals surface area contributed by atoms with Gasteiger partial charge >= 0.3 is 6.03 Å². The largest absolute Gasteiger partial charge is 0.338 e. The van der Waals surface area contributed by atoms with Crippen LogP contribution >= 0.6 is 0 Å². The van der Waals surface area contributed by atoms with Gasteiger partial charge in [0, 0.05) is 18.6 Å². The SMILES string of the molecule is CCNC(=O)NCC(CC)(CC)N(C)C. The molecule has 0 fully saturated rings. The molecule has 0 aliphatic carbocycles. The summed E-state index contributed by atoms with van der Waals surface area (Å²) in [5.41, 5.74) is 0.0745. The number of rotatable bonds is 6. The molecule has 0 aromatic rings. The summed E-state index contributed by atoms with van der Waals surface area (Å²) in [7, 11) is 4.12. The topological polar surface area (TPSA) is 44.4 Å². The standard InChI is InChI=1S/C11H25N3O/c1-6-11(7-2,14(4)5)9-13-10(15)12-8-3/h6-9H2,1-5H3,(H2,12,13,15). The van der Waals surface area contributed by atoms with Crippen LogP contribution in [0.25, 0.3) is 0 Å². The van der Waals surface area contributed by atoms with E-state index in [0.29, 0.717) is 13.1 Å². The van der Waals surface area contributed by atoms with Crippen LogP contribution in [0.2, 0.25) is 0 Å². The molecular formula is C11H25N3O. The molecule has 0 rings (SSSR count). The zero-order valence-corrected chi connectivity index (χ0v) is 10.7. The number of nitrogens with zero attached hydrogens (tertiary/aromatic N) is 1. The van der Waals surface area contributed by atoms with E-state index in [0.717, 1.165) is 12.8 Å². The van der Waals surface area contributed by atoms with Crippen LogP contribution in [0.1, 0.15) is 33.6 Å². The molecule has 0 atom stereocenters. The summed E-state index contributed by atoms with van der Waals surface area (Å²) in [5, 5.41) is 5.65. The molecule has 15 heavy (non-hydrogen) atoms. The van der Waals surface area contributed by atoms with E-state index in [-0.39, 0.29) is 11.6 Å². The molecule has 4 heteroatoms. The Kier molecular flexibility index (Phi) is 6.32. The van der Waals surface area contributed by atoms with Gasteiger partial charge in [-0.2, -0.15) is 0 Å². The lowest BCUT2D eigenvalue weighted by molar-refractivity contribution is 0.137. The zero-order chi connectivity index (χ0) is 11.9. The van der Waals surface area contributed by atoms with E-state index < -0.39 is 0 Å². The summed E-state index contributed by atoms with van der Waals surface area (Å²) < 4.78 is 0. The van der Waals surface area contributed by atoms with Gasteiger partial charge in [0.2, 0.25) is 0 Å². The van der Waals surface area contributed by atoms with Crippen molar-refractivity contribution in [3.63, 3.8) is 0 Å². The van der Waals surface area contributed by atoms with E-state index in [4.69, 9.17) is 0 Å². The number of hydrogen-bond acceptors (Lipinski definition) is 2. The van der Waals surface area contributed by atoms with Crippen molar-refractivity contribution in [1.29, 1.82) is 0 Å². The summed E-state index contributed by atoms with van der Waals surface area (Å²) in [6.45, 7) is 7.59. The first-order chi connectivity index (χ1) is 7.02. The first-order valence-corrected chi connectivity index (χ1v) is 5.71. The number of nitrogens with one attached hydrogen (secondary N) is 2. The second-order valence-electron chi connectivity index (χ2n) is 4.04. The van der Waals surface area contributed by atoms with Crippen LogP contribution in [0.5, 0.6) is 0 Å². The first kappa shape index (κ1) is 14.2. The molecule has 0 spiro atoms. The Morgan fingerprint density at radius 1 is 1.13 bits per heavy atom.